The van der Waals surface area contributed by atoms with Crippen molar-refractivity contribution in [2.24, 2.45) is 0 Å². The van der Waals surface area contributed by atoms with Crippen LogP contribution in [0.15, 0.2) is 139 Å². The van der Waals surface area contributed by atoms with E-state index >= 15 is 0 Å². The minimum atomic E-state index is -0.294. The van der Waals surface area contributed by atoms with Crippen LogP contribution in [0.3, 0.4) is 0 Å². The number of benzene rings is 6. The second-order valence-corrected chi connectivity index (χ2v) is 11.6. The van der Waals surface area contributed by atoms with Crippen LogP contribution in [0.1, 0.15) is 33.7 Å². The van der Waals surface area contributed by atoms with Crippen molar-refractivity contribution in [2.45, 2.75) is 17.4 Å². The van der Waals surface area contributed by atoms with Gasteiger partial charge in [-0.1, -0.05) is 133 Å². The van der Waals surface area contributed by atoms with Gasteiger partial charge in [-0.05, 0) is 60.7 Å². The first-order chi connectivity index (χ1) is 19.9. The maximum Gasteiger partial charge on any atom is 0.0686 e. The van der Waals surface area contributed by atoms with Gasteiger partial charge in [0.25, 0.3) is 0 Å². The molecule has 10 rings (SSSR count). The van der Waals surface area contributed by atoms with E-state index in [4.69, 9.17) is 0 Å². The van der Waals surface area contributed by atoms with Crippen molar-refractivity contribution in [3.63, 3.8) is 0 Å². The van der Waals surface area contributed by atoms with E-state index in [0.29, 0.717) is 0 Å². The lowest BCUT2D eigenvalue weighted by atomic mass is 9.67. The van der Waals surface area contributed by atoms with Crippen LogP contribution in [0.2, 0.25) is 0 Å². The molecule has 0 fully saturated rings. The molecule has 0 saturated carbocycles. The van der Waals surface area contributed by atoms with Gasteiger partial charge in [-0.25, -0.2) is 0 Å². The molecule has 1 N–H and O–H groups in total. The van der Waals surface area contributed by atoms with Crippen molar-refractivity contribution in [1.82, 2.24) is 0 Å². The molecule has 186 valence electrons. The SMILES string of the molecule is C1=C2c3ccc4ccccc4c3NC2C2C(=C1)C1(c3ccccc3-c3ccccc31)c1ccc3ccccc3c12. The van der Waals surface area contributed by atoms with E-state index in [9.17, 15) is 0 Å². The first kappa shape index (κ1) is 21.0. The smallest absolute Gasteiger partial charge is 0.0686 e. The molecule has 40 heavy (non-hydrogen) atoms. The first-order valence-electron chi connectivity index (χ1n) is 14.3. The Morgan fingerprint density at radius 2 is 1.12 bits per heavy atom. The molecule has 0 aromatic heterocycles. The number of allylic oxidation sites excluding steroid dienone is 2. The molecule has 0 radical (unpaired) electrons. The molecule has 1 aliphatic heterocycles. The summed E-state index contributed by atoms with van der Waals surface area (Å²) in [6, 6.07) is 45.5. The number of hydrogen-bond acceptors (Lipinski definition) is 1. The third kappa shape index (κ3) is 2.29. The molecule has 2 unspecified atom stereocenters. The Hall–Kier alpha value is -4.88. The van der Waals surface area contributed by atoms with E-state index in [0.717, 1.165) is 0 Å². The summed E-state index contributed by atoms with van der Waals surface area (Å²) >= 11 is 0. The molecule has 0 amide bonds. The average molecular weight is 508 g/mol. The lowest BCUT2D eigenvalue weighted by Crippen LogP contribution is -2.32. The summed E-state index contributed by atoms with van der Waals surface area (Å²) in [6.07, 6.45) is 4.90. The first-order valence-corrected chi connectivity index (χ1v) is 14.3. The van der Waals surface area contributed by atoms with Gasteiger partial charge in [0.15, 0.2) is 0 Å². The van der Waals surface area contributed by atoms with E-state index in [1.807, 2.05) is 0 Å². The summed E-state index contributed by atoms with van der Waals surface area (Å²) in [7, 11) is 0. The number of fused-ring (bicyclic) bond motifs is 18. The molecule has 3 aliphatic carbocycles. The van der Waals surface area contributed by atoms with Crippen LogP contribution in [0.4, 0.5) is 5.69 Å². The maximum atomic E-state index is 4.10. The second kappa shape index (κ2) is 7.20. The molecule has 6 aromatic carbocycles. The Balaban J connectivity index is 1.33. The summed E-state index contributed by atoms with van der Waals surface area (Å²) in [5.41, 5.74) is 13.7. The van der Waals surface area contributed by atoms with Gasteiger partial charge >= 0.3 is 0 Å². The standard InChI is InChI=1S/C39H25N/c1-3-11-25-23(9-1)18-21-33-35(25)36-34(39(33)31-15-7-5-13-27(31)28-14-6-8-16-32(28)39)22-20-30-29-19-17-24-10-2-4-12-26(24)37(29)40-38(30)36/h1-22,36,38,40H. The molecule has 1 heteroatoms. The molecule has 2 atom stereocenters. The largest absolute Gasteiger partial charge is 0.376 e. The maximum absolute atomic E-state index is 4.10. The summed E-state index contributed by atoms with van der Waals surface area (Å²) in [5.74, 6) is 0.228. The highest BCUT2D eigenvalue weighted by Gasteiger charge is 2.58. The van der Waals surface area contributed by atoms with E-state index in [-0.39, 0.29) is 17.4 Å². The monoisotopic (exact) mass is 507 g/mol. The van der Waals surface area contributed by atoms with Gasteiger partial charge in [0.05, 0.1) is 17.1 Å². The van der Waals surface area contributed by atoms with E-state index in [1.54, 1.807) is 0 Å². The lowest BCUT2D eigenvalue weighted by Gasteiger charge is -2.35. The fourth-order valence-electron chi connectivity index (χ4n) is 8.62. The molecular weight excluding hydrogens is 482 g/mol. The van der Waals surface area contributed by atoms with Gasteiger partial charge in [-0.3, -0.25) is 0 Å². The van der Waals surface area contributed by atoms with Crippen LogP contribution in [0.25, 0.3) is 38.2 Å². The highest BCUT2D eigenvalue weighted by atomic mass is 15.0. The molecular formula is C39H25N. The minimum Gasteiger partial charge on any atom is -0.376 e. The second-order valence-electron chi connectivity index (χ2n) is 11.6. The zero-order valence-corrected chi connectivity index (χ0v) is 21.9. The highest BCUT2D eigenvalue weighted by Crippen LogP contribution is 2.67. The van der Waals surface area contributed by atoms with Crippen LogP contribution < -0.4 is 5.32 Å². The summed E-state index contributed by atoms with van der Waals surface area (Å²) in [4.78, 5) is 0. The van der Waals surface area contributed by atoms with Crippen molar-refractivity contribution in [3.8, 4) is 11.1 Å². The van der Waals surface area contributed by atoms with Crippen LogP contribution >= 0.6 is 0 Å². The Bertz CT molecular complexity index is 2110. The Kier molecular flexibility index (Phi) is 3.78. The quantitative estimate of drug-likeness (QED) is 0.216. The fourth-order valence-corrected chi connectivity index (χ4v) is 8.62. The van der Waals surface area contributed by atoms with E-state index in [1.165, 1.54) is 77.3 Å². The van der Waals surface area contributed by atoms with Crippen LogP contribution in [-0.4, -0.2) is 6.04 Å². The Morgan fingerprint density at radius 1 is 0.500 bits per heavy atom. The van der Waals surface area contributed by atoms with Gasteiger partial charge in [-0.15, -0.1) is 0 Å². The Morgan fingerprint density at radius 3 is 1.90 bits per heavy atom. The Labute approximate surface area is 233 Å². The molecule has 4 aliphatic rings. The molecule has 1 spiro atoms. The number of rotatable bonds is 0. The van der Waals surface area contributed by atoms with Gasteiger partial charge in [0.2, 0.25) is 0 Å². The van der Waals surface area contributed by atoms with Gasteiger partial charge in [0, 0.05) is 16.9 Å². The molecule has 0 saturated heterocycles. The van der Waals surface area contributed by atoms with Gasteiger partial charge < -0.3 is 5.32 Å². The molecule has 1 heterocycles. The average Bonchev–Trinajstić information content (AvgIpc) is 3.65. The molecule has 6 aromatic rings. The number of nitrogens with one attached hydrogen (secondary N) is 1. The predicted octanol–water partition coefficient (Wildman–Crippen LogP) is 9.22. The van der Waals surface area contributed by atoms with Gasteiger partial charge in [0.1, 0.15) is 0 Å². The lowest BCUT2D eigenvalue weighted by molar-refractivity contribution is 0.685. The summed E-state index contributed by atoms with van der Waals surface area (Å²) < 4.78 is 0. The van der Waals surface area contributed by atoms with Crippen molar-refractivity contribution in [1.29, 1.82) is 0 Å². The third-order valence-electron chi connectivity index (χ3n) is 10.1. The fraction of sp³-hybridized carbons (Fsp3) is 0.0769. The number of anilines is 1. The van der Waals surface area contributed by atoms with Crippen molar-refractivity contribution in [3.05, 3.63) is 167 Å². The molecule has 0 bridgehead atoms. The van der Waals surface area contributed by atoms with Crippen molar-refractivity contribution < 1.29 is 0 Å². The predicted molar refractivity (Wildman–Crippen MR) is 166 cm³/mol. The number of hydrogen-bond donors (Lipinski definition) is 1. The van der Waals surface area contributed by atoms with Crippen molar-refractivity contribution in [2.75, 3.05) is 5.32 Å². The summed E-state index contributed by atoms with van der Waals surface area (Å²) in [6.45, 7) is 0. The minimum absolute atomic E-state index is 0.185. The topological polar surface area (TPSA) is 12.0 Å². The zero-order valence-electron chi connectivity index (χ0n) is 21.9. The third-order valence-corrected chi connectivity index (χ3v) is 10.1. The highest BCUT2D eigenvalue weighted by molar-refractivity contribution is 6.06. The zero-order chi connectivity index (χ0) is 26.0. The summed E-state index contributed by atoms with van der Waals surface area (Å²) in [5, 5.41) is 9.38. The molecule has 1 nitrogen and oxygen atoms in total. The normalized spacial score (nSPS) is 20.2. The van der Waals surface area contributed by atoms with Gasteiger partial charge in [-0.2, -0.15) is 0 Å². The van der Waals surface area contributed by atoms with E-state index < -0.39 is 0 Å². The van der Waals surface area contributed by atoms with E-state index in [2.05, 4.69) is 139 Å². The van der Waals surface area contributed by atoms with Crippen LogP contribution in [0, 0.1) is 0 Å². The van der Waals surface area contributed by atoms with Crippen molar-refractivity contribution >= 4 is 32.8 Å². The van der Waals surface area contributed by atoms with Crippen LogP contribution in [-0.2, 0) is 5.41 Å². The van der Waals surface area contributed by atoms with Crippen LogP contribution in [0.5, 0.6) is 0 Å².